The number of aryl methyl sites for hydroxylation is 2. The third kappa shape index (κ3) is 3.52. The van der Waals surface area contributed by atoms with Gasteiger partial charge in [0.25, 0.3) is 5.91 Å². The predicted octanol–water partition coefficient (Wildman–Crippen LogP) is 3.15. The summed E-state index contributed by atoms with van der Waals surface area (Å²) in [6.45, 7) is 5.67. The molecule has 0 radical (unpaired) electrons. The summed E-state index contributed by atoms with van der Waals surface area (Å²) >= 11 is 6.09. The monoisotopic (exact) mass is 355 g/mol. The molecule has 23 heavy (non-hydrogen) atoms. The van der Waals surface area contributed by atoms with Gasteiger partial charge in [0.2, 0.25) is 0 Å². The van der Waals surface area contributed by atoms with Gasteiger partial charge >= 0.3 is 0 Å². The molecule has 0 saturated carbocycles. The van der Waals surface area contributed by atoms with Crippen molar-refractivity contribution in [2.75, 3.05) is 19.6 Å². The van der Waals surface area contributed by atoms with Crippen molar-refractivity contribution in [3.63, 3.8) is 0 Å². The van der Waals surface area contributed by atoms with Gasteiger partial charge in [-0.2, -0.15) is 0 Å². The zero-order chi connectivity index (χ0) is 15.7. The lowest BCUT2D eigenvalue weighted by atomic mass is 10.0. The van der Waals surface area contributed by atoms with Gasteiger partial charge in [0.1, 0.15) is 11.3 Å². The summed E-state index contributed by atoms with van der Waals surface area (Å²) in [4.78, 5) is 14.8. The number of halogens is 2. The molecule has 1 amide bonds. The Bertz CT molecular complexity index is 683. The molecule has 1 saturated heterocycles. The van der Waals surface area contributed by atoms with Crippen LogP contribution in [0.25, 0.3) is 0 Å². The van der Waals surface area contributed by atoms with Crippen molar-refractivity contribution in [3.05, 3.63) is 51.9 Å². The largest absolute Gasteiger partial charge is 0.361 e. The second-order valence-corrected chi connectivity index (χ2v) is 5.91. The Morgan fingerprint density at radius 1 is 1.43 bits per heavy atom. The molecule has 0 aliphatic carbocycles. The molecule has 2 aromatic rings. The SMILES string of the molecule is Cc1noc(C)c1C(=O)N1CCNCC1c1cccc(Cl)c1.Cl. The number of aromatic nitrogens is 1. The Hall–Kier alpha value is -1.56. The Balaban J connectivity index is 0.00000192. The van der Waals surface area contributed by atoms with E-state index in [2.05, 4.69) is 10.5 Å². The maximum atomic E-state index is 12.9. The highest BCUT2D eigenvalue weighted by atomic mass is 35.5. The first-order chi connectivity index (χ1) is 10.6. The van der Waals surface area contributed by atoms with Crippen LogP contribution in [0.15, 0.2) is 28.8 Å². The van der Waals surface area contributed by atoms with E-state index in [0.29, 0.717) is 35.1 Å². The molecule has 7 heteroatoms. The first kappa shape index (κ1) is 17.8. The van der Waals surface area contributed by atoms with Gasteiger partial charge in [0.15, 0.2) is 0 Å². The molecule has 1 aliphatic rings. The molecule has 1 atom stereocenters. The van der Waals surface area contributed by atoms with Crippen LogP contribution in [0.3, 0.4) is 0 Å². The number of nitrogens with one attached hydrogen (secondary N) is 1. The fourth-order valence-electron chi connectivity index (χ4n) is 2.89. The Morgan fingerprint density at radius 2 is 2.22 bits per heavy atom. The van der Waals surface area contributed by atoms with Crippen LogP contribution in [0, 0.1) is 13.8 Å². The van der Waals surface area contributed by atoms with Crippen molar-refractivity contribution in [2.24, 2.45) is 0 Å². The van der Waals surface area contributed by atoms with Crippen LogP contribution in [-0.2, 0) is 0 Å². The van der Waals surface area contributed by atoms with Gasteiger partial charge in [-0.15, -0.1) is 12.4 Å². The maximum absolute atomic E-state index is 12.9. The third-order valence-corrected chi connectivity index (χ3v) is 4.22. The molecule has 1 aliphatic heterocycles. The molecule has 1 aromatic heterocycles. The molecule has 3 rings (SSSR count). The van der Waals surface area contributed by atoms with Crippen LogP contribution in [-0.4, -0.2) is 35.6 Å². The predicted molar refractivity (Wildman–Crippen MR) is 91.3 cm³/mol. The van der Waals surface area contributed by atoms with Gasteiger partial charge in [-0.05, 0) is 31.5 Å². The second-order valence-electron chi connectivity index (χ2n) is 5.47. The van der Waals surface area contributed by atoms with E-state index < -0.39 is 0 Å². The number of piperazine rings is 1. The highest BCUT2D eigenvalue weighted by molar-refractivity contribution is 6.30. The molecule has 2 heterocycles. The first-order valence-corrected chi connectivity index (χ1v) is 7.65. The van der Waals surface area contributed by atoms with Crippen LogP contribution in [0.1, 0.15) is 33.4 Å². The highest BCUT2D eigenvalue weighted by Crippen LogP contribution is 2.27. The van der Waals surface area contributed by atoms with Crippen LogP contribution in [0.2, 0.25) is 5.02 Å². The lowest BCUT2D eigenvalue weighted by molar-refractivity contribution is 0.0632. The molecule has 0 spiro atoms. The van der Waals surface area contributed by atoms with E-state index in [4.69, 9.17) is 16.1 Å². The molecule has 1 fully saturated rings. The molecule has 124 valence electrons. The van der Waals surface area contributed by atoms with Gasteiger partial charge in [0.05, 0.1) is 11.7 Å². The van der Waals surface area contributed by atoms with E-state index in [1.54, 1.807) is 13.8 Å². The van der Waals surface area contributed by atoms with E-state index in [-0.39, 0.29) is 24.4 Å². The fraction of sp³-hybridized carbons (Fsp3) is 0.375. The van der Waals surface area contributed by atoms with Gasteiger partial charge < -0.3 is 14.7 Å². The highest BCUT2D eigenvalue weighted by Gasteiger charge is 2.31. The number of benzene rings is 1. The Labute approximate surface area is 146 Å². The summed E-state index contributed by atoms with van der Waals surface area (Å²) < 4.78 is 5.13. The third-order valence-electron chi connectivity index (χ3n) is 3.98. The summed E-state index contributed by atoms with van der Waals surface area (Å²) in [6, 6.07) is 7.60. The number of hydrogen-bond donors (Lipinski definition) is 1. The van der Waals surface area contributed by atoms with Crippen molar-refractivity contribution < 1.29 is 9.32 Å². The maximum Gasteiger partial charge on any atom is 0.259 e. The number of hydrogen-bond acceptors (Lipinski definition) is 4. The molecule has 1 unspecified atom stereocenters. The normalized spacial score (nSPS) is 17.7. The lowest BCUT2D eigenvalue weighted by Crippen LogP contribution is -2.48. The molecular weight excluding hydrogens is 337 g/mol. The quantitative estimate of drug-likeness (QED) is 0.898. The summed E-state index contributed by atoms with van der Waals surface area (Å²) in [6.07, 6.45) is 0. The van der Waals surface area contributed by atoms with Crippen LogP contribution in [0.5, 0.6) is 0 Å². The topological polar surface area (TPSA) is 58.4 Å². The van der Waals surface area contributed by atoms with Crippen molar-refractivity contribution in [2.45, 2.75) is 19.9 Å². The smallest absolute Gasteiger partial charge is 0.259 e. The molecule has 1 aromatic carbocycles. The van der Waals surface area contributed by atoms with Gasteiger partial charge in [-0.1, -0.05) is 28.9 Å². The second kappa shape index (κ2) is 7.34. The average molecular weight is 356 g/mol. The number of amides is 1. The van der Waals surface area contributed by atoms with E-state index in [9.17, 15) is 4.79 Å². The van der Waals surface area contributed by atoms with Crippen molar-refractivity contribution in [1.82, 2.24) is 15.4 Å². The minimum Gasteiger partial charge on any atom is -0.361 e. The number of carbonyl (C=O) groups excluding carboxylic acids is 1. The van der Waals surface area contributed by atoms with E-state index in [1.807, 2.05) is 29.2 Å². The number of nitrogens with zero attached hydrogens (tertiary/aromatic N) is 2. The van der Waals surface area contributed by atoms with Gasteiger partial charge in [-0.3, -0.25) is 4.79 Å². The van der Waals surface area contributed by atoms with Crippen LogP contribution >= 0.6 is 24.0 Å². The van der Waals surface area contributed by atoms with Crippen molar-refractivity contribution in [3.8, 4) is 0 Å². The van der Waals surface area contributed by atoms with E-state index in [1.165, 1.54) is 0 Å². The summed E-state index contributed by atoms with van der Waals surface area (Å²) in [7, 11) is 0. The zero-order valence-electron chi connectivity index (χ0n) is 13.0. The summed E-state index contributed by atoms with van der Waals surface area (Å²) in [5.74, 6) is 0.522. The summed E-state index contributed by atoms with van der Waals surface area (Å²) in [5.41, 5.74) is 2.22. The average Bonchev–Trinajstić information content (AvgIpc) is 2.85. The molecule has 0 bridgehead atoms. The minimum atomic E-state index is -0.0475. The van der Waals surface area contributed by atoms with Gasteiger partial charge in [-0.25, -0.2) is 0 Å². The molecular formula is C16H19Cl2N3O2. The zero-order valence-corrected chi connectivity index (χ0v) is 14.6. The fourth-order valence-corrected chi connectivity index (χ4v) is 3.09. The number of rotatable bonds is 2. The van der Waals surface area contributed by atoms with Gasteiger partial charge in [0, 0.05) is 24.7 Å². The summed E-state index contributed by atoms with van der Waals surface area (Å²) in [5, 5.41) is 7.89. The number of carbonyl (C=O) groups is 1. The molecule has 5 nitrogen and oxygen atoms in total. The van der Waals surface area contributed by atoms with E-state index in [0.717, 1.165) is 12.1 Å². The minimum absolute atomic E-state index is 0. The first-order valence-electron chi connectivity index (χ1n) is 7.28. The van der Waals surface area contributed by atoms with Crippen LogP contribution < -0.4 is 5.32 Å². The Kier molecular flexibility index (Phi) is 5.68. The van der Waals surface area contributed by atoms with Crippen molar-refractivity contribution >= 4 is 29.9 Å². The molecule has 1 N–H and O–H groups in total. The van der Waals surface area contributed by atoms with Crippen LogP contribution in [0.4, 0.5) is 0 Å². The van der Waals surface area contributed by atoms with E-state index >= 15 is 0 Å². The Morgan fingerprint density at radius 3 is 2.87 bits per heavy atom. The lowest BCUT2D eigenvalue weighted by Gasteiger charge is -2.36. The standard InChI is InChI=1S/C16H18ClN3O2.ClH/c1-10-15(11(2)22-19-10)16(21)20-7-6-18-9-14(20)12-4-3-5-13(17)8-12;/h3-5,8,14,18H,6-7,9H2,1-2H3;1H. The van der Waals surface area contributed by atoms with Crippen molar-refractivity contribution in [1.29, 1.82) is 0 Å².